The summed E-state index contributed by atoms with van der Waals surface area (Å²) < 4.78 is 5.49. The molecule has 3 heteroatoms. The van der Waals surface area contributed by atoms with Gasteiger partial charge in [0.1, 0.15) is 0 Å². The third kappa shape index (κ3) is 6.46. The van der Waals surface area contributed by atoms with Gasteiger partial charge < -0.3 is 9.84 Å². The van der Waals surface area contributed by atoms with Crippen LogP contribution >= 0.6 is 0 Å². The van der Waals surface area contributed by atoms with Crippen LogP contribution in [0.2, 0.25) is 18.1 Å². The highest BCUT2D eigenvalue weighted by Gasteiger charge is 2.22. The predicted molar refractivity (Wildman–Crippen MR) is 73.5 cm³/mol. The molecule has 0 saturated heterocycles. The summed E-state index contributed by atoms with van der Waals surface area (Å²) >= 11 is 0. The Morgan fingerprint density at radius 3 is 2.19 bits per heavy atom. The van der Waals surface area contributed by atoms with E-state index >= 15 is 0 Å². The van der Waals surface area contributed by atoms with E-state index in [1.807, 2.05) is 0 Å². The first kappa shape index (κ1) is 15.9. The molecule has 2 nitrogen and oxygen atoms in total. The highest BCUT2D eigenvalue weighted by molar-refractivity contribution is 6.84. The molecule has 0 aliphatic heterocycles. The lowest BCUT2D eigenvalue weighted by atomic mass is 10.3. The molecule has 16 heavy (non-hydrogen) atoms. The van der Waals surface area contributed by atoms with E-state index in [9.17, 15) is 0 Å². The summed E-state index contributed by atoms with van der Waals surface area (Å²) in [7, 11) is -1.09. The first-order valence-corrected chi connectivity index (χ1v) is 9.30. The van der Waals surface area contributed by atoms with Crippen molar-refractivity contribution >= 4 is 8.07 Å². The van der Waals surface area contributed by atoms with E-state index in [0.717, 1.165) is 26.1 Å². The molecule has 0 aromatic rings. The molecular formula is C13H28O2Si. The summed E-state index contributed by atoms with van der Waals surface area (Å²) in [6, 6.07) is 4.00. The normalized spacial score (nSPS) is 12.5. The van der Waals surface area contributed by atoms with Gasteiger partial charge in [0.25, 0.3) is 0 Å². The fourth-order valence-electron chi connectivity index (χ4n) is 1.87. The van der Waals surface area contributed by atoms with E-state index in [1.54, 1.807) is 0 Å². The average molecular weight is 244 g/mol. The molecule has 0 radical (unpaired) electrons. The monoisotopic (exact) mass is 244 g/mol. The van der Waals surface area contributed by atoms with Crippen molar-refractivity contribution in [3.63, 3.8) is 0 Å². The van der Waals surface area contributed by atoms with Crippen molar-refractivity contribution in [2.75, 3.05) is 19.8 Å². The number of aliphatic hydroxyl groups excluding tert-OH is 1. The van der Waals surface area contributed by atoms with E-state index in [2.05, 4.69) is 32.5 Å². The molecule has 0 aliphatic rings. The highest BCUT2D eigenvalue weighted by atomic mass is 28.3. The molecule has 0 atom stereocenters. The summed E-state index contributed by atoms with van der Waals surface area (Å²) in [6.45, 7) is 8.71. The van der Waals surface area contributed by atoms with Crippen LogP contribution in [0.1, 0.15) is 33.6 Å². The Kier molecular flexibility index (Phi) is 9.98. The number of ether oxygens (including phenoxy) is 1. The Balaban J connectivity index is 3.72. The number of rotatable bonds is 10. The average Bonchev–Trinajstić information content (AvgIpc) is 2.34. The molecule has 0 bridgehead atoms. The van der Waals surface area contributed by atoms with Crippen LogP contribution in [0.25, 0.3) is 0 Å². The molecule has 0 fully saturated rings. The van der Waals surface area contributed by atoms with Gasteiger partial charge in [-0.15, -0.1) is 0 Å². The quantitative estimate of drug-likeness (QED) is 0.471. The fraction of sp³-hybridized carbons (Fsp3) is 0.846. The minimum absolute atomic E-state index is 0.275. The van der Waals surface area contributed by atoms with Gasteiger partial charge >= 0.3 is 0 Å². The molecule has 0 spiro atoms. The second-order valence-corrected chi connectivity index (χ2v) is 9.51. The molecule has 0 heterocycles. The van der Waals surface area contributed by atoms with Crippen molar-refractivity contribution in [2.45, 2.75) is 51.7 Å². The van der Waals surface area contributed by atoms with Crippen LogP contribution in [0.5, 0.6) is 0 Å². The van der Waals surface area contributed by atoms with Gasteiger partial charge in [-0.3, -0.25) is 0 Å². The SMILES string of the molecule is CC[Si](C=CCOCCCCO)(CC)CC. The van der Waals surface area contributed by atoms with Crippen LogP contribution in [0.4, 0.5) is 0 Å². The smallest absolute Gasteiger partial charge is 0.0767 e. The minimum atomic E-state index is -1.09. The Morgan fingerprint density at radius 1 is 1.06 bits per heavy atom. The predicted octanol–water partition coefficient (Wildman–Crippen LogP) is 3.38. The molecule has 0 saturated carbocycles. The van der Waals surface area contributed by atoms with Crippen molar-refractivity contribution in [2.24, 2.45) is 0 Å². The second kappa shape index (κ2) is 10.1. The standard InChI is InChI=1S/C13H28O2Si/c1-4-16(5-2,6-3)13-9-12-15-11-8-7-10-14/h9,13-14H,4-8,10-12H2,1-3H3. The molecule has 1 N–H and O–H groups in total. The second-order valence-electron chi connectivity index (χ2n) is 4.33. The van der Waals surface area contributed by atoms with Crippen LogP contribution in [-0.2, 0) is 4.74 Å². The van der Waals surface area contributed by atoms with Gasteiger partial charge in [-0.2, -0.15) is 0 Å². The van der Waals surface area contributed by atoms with Crippen molar-refractivity contribution in [1.29, 1.82) is 0 Å². The van der Waals surface area contributed by atoms with Gasteiger partial charge in [0.05, 0.1) is 14.7 Å². The van der Waals surface area contributed by atoms with Gasteiger partial charge in [0, 0.05) is 13.2 Å². The third-order valence-corrected chi connectivity index (χ3v) is 8.66. The third-order valence-electron chi connectivity index (χ3n) is 3.49. The summed E-state index contributed by atoms with van der Waals surface area (Å²) in [6.07, 6.45) is 4.02. The van der Waals surface area contributed by atoms with Crippen molar-refractivity contribution in [3.8, 4) is 0 Å². The lowest BCUT2D eigenvalue weighted by molar-refractivity contribution is 0.150. The fourth-order valence-corrected chi connectivity index (χ4v) is 4.67. The molecule has 0 aromatic heterocycles. The lowest BCUT2D eigenvalue weighted by Gasteiger charge is -2.23. The van der Waals surface area contributed by atoms with Crippen LogP contribution < -0.4 is 0 Å². The maximum absolute atomic E-state index is 8.61. The lowest BCUT2D eigenvalue weighted by Crippen LogP contribution is -2.28. The minimum Gasteiger partial charge on any atom is -0.396 e. The van der Waals surface area contributed by atoms with Gasteiger partial charge in [0.15, 0.2) is 0 Å². The summed E-state index contributed by atoms with van der Waals surface area (Å²) in [4.78, 5) is 0. The summed E-state index contributed by atoms with van der Waals surface area (Å²) in [5.41, 5.74) is 2.46. The summed E-state index contributed by atoms with van der Waals surface area (Å²) in [5, 5.41) is 8.61. The molecule has 0 amide bonds. The topological polar surface area (TPSA) is 29.5 Å². The van der Waals surface area contributed by atoms with E-state index in [1.165, 1.54) is 18.1 Å². The van der Waals surface area contributed by atoms with Crippen LogP contribution in [-0.4, -0.2) is 33.0 Å². The van der Waals surface area contributed by atoms with Crippen LogP contribution in [0, 0.1) is 0 Å². The molecular weight excluding hydrogens is 216 g/mol. The number of aliphatic hydroxyl groups is 1. The number of hydrogen-bond acceptors (Lipinski definition) is 2. The molecule has 0 unspecified atom stereocenters. The van der Waals surface area contributed by atoms with Gasteiger partial charge in [-0.05, 0) is 12.8 Å². The zero-order valence-electron chi connectivity index (χ0n) is 11.2. The van der Waals surface area contributed by atoms with Crippen molar-refractivity contribution < 1.29 is 9.84 Å². The Hall–Kier alpha value is -0.123. The Bertz CT molecular complexity index is 169. The maximum Gasteiger partial charge on any atom is 0.0767 e. The first-order chi connectivity index (χ1) is 7.74. The van der Waals surface area contributed by atoms with Crippen molar-refractivity contribution in [3.05, 3.63) is 11.8 Å². The van der Waals surface area contributed by atoms with Gasteiger partial charge in [0.2, 0.25) is 0 Å². The van der Waals surface area contributed by atoms with Crippen LogP contribution in [0.3, 0.4) is 0 Å². The van der Waals surface area contributed by atoms with Crippen LogP contribution in [0.15, 0.2) is 11.8 Å². The first-order valence-electron chi connectivity index (χ1n) is 6.61. The molecule has 0 aliphatic carbocycles. The van der Waals surface area contributed by atoms with Gasteiger partial charge in [-0.25, -0.2) is 0 Å². The molecule has 0 aromatic carbocycles. The molecule has 0 rings (SSSR count). The largest absolute Gasteiger partial charge is 0.396 e. The Morgan fingerprint density at radius 2 is 1.69 bits per heavy atom. The number of hydrogen-bond donors (Lipinski definition) is 1. The molecule has 96 valence electrons. The Labute approximate surface area is 102 Å². The number of unbranched alkanes of at least 4 members (excludes halogenated alkanes) is 1. The van der Waals surface area contributed by atoms with E-state index < -0.39 is 8.07 Å². The zero-order chi connectivity index (χ0) is 12.3. The van der Waals surface area contributed by atoms with E-state index in [4.69, 9.17) is 9.84 Å². The zero-order valence-corrected chi connectivity index (χ0v) is 12.2. The summed E-state index contributed by atoms with van der Waals surface area (Å²) in [5.74, 6) is 0. The van der Waals surface area contributed by atoms with E-state index in [-0.39, 0.29) is 6.61 Å². The van der Waals surface area contributed by atoms with Gasteiger partial charge in [-0.1, -0.05) is 50.7 Å². The van der Waals surface area contributed by atoms with E-state index in [0.29, 0.717) is 0 Å². The highest BCUT2D eigenvalue weighted by Crippen LogP contribution is 2.21. The van der Waals surface area contributed by atoms with Crippen molar-refractivity contribution in [1.82, 2.24) is 0 Å². The maximum atomic E-state index is 8.61.